The molecule has 0 aliphatic heterocycles. The highest BCUT2D eigenvalue weighted by Crippen LogP contribution is 2.17. The Labute approximate surface area is 117 Å². The number of thioether (sulfide) groups is 1. The lowest BCUT2D eigenvalue weighted by atomic mass is 10.4. The highest BCUT2D eigenvalue weighted by molar-refractivity contribution is 8.00. The molecule has 4 nitrogen and oxygen atoms in total. The van der Waals surface area contributed by atoms with Crippen LogP contribution in [0.1, 0.15) is 0 Å². The number of amides is 1. The number of ether oxygens (including phenoxy) is 1. The first-order valence-corrected chi connectivity index (χ1v) is 7.05. The maximum Gasteiger partial charge on any atom is 0.230 e. The zero-order chi connectivity index (χ0) is 13.9. The first kappa shape index (κ1) is 15.9. The van der Waals surface area contributed by atoms with Crippen LogP contribution >= 0.6 is 11.8 Å². The third-order valence-corrected chi connectivity index (χ3v) is 3.30. The number of nitrogens with one attached hydrogen (secondary N) is 2. The summed E-state index contributed by atoms with van der Waals surface area (Å²) in [6, 6.07) is 6.11. The van der Waals surface area contributed by atoms with E-state index in [1.165, 1.54) is 23.9 Å². The standard InChI is InChI=1S/C13H19FN2O2S/c1-18-9-8-15-6-7-16-13(17)10-19-12-4-2-11(14)3-5-12/h2-5,15H,6-10H2,1H3,(H,16,17). The van der Waals surface area contributed by atoms with Gasteiger partial charge in [0, 0.05) is 31.6 Å². The van der Waals surface area contributed by atoms with Crippen molar-refractivity contribution < 1.29 is 13.9 Å². The molecule has 0 radical (unpaired) electrons. The number of rotatable bonds is 9. The molecule has 0 heterocycles. The van der Waals surface area contributed by atoms with Crippen molar-refractivity contribution >= 4 is 17.7 Å². The Morgan fingerprint density at radius 1 is 1.26 bits per heavy atom. The Morgan fingerprint density at radius 2 is 2.00 bits per heavy atom. The smallest absolute Gasteiger partial charge is 0.230 e. The number of benzene rings is 1. The van der Waals surface area contributed by atoms with Gasteiger partial charge in [0.15, 0.2) is 0 Å². The minimum atomic E-state index is -0.268. The normalized spacial score (nSPS) is 10.4. The second-order valence-corrected chi connectivity index (χ2v) is 4.88. The molecule has 1 rings (SSSR count). The molecule has 0 aliphatic rings. The maximum absolute atomic E-state index is 12.7. The lowest BCUT2D eigenvalue weighted by Crippen LogP contribution is -2.33. The molecule has 0 bridgehead atoms. The van der Waals surface area contributed by atoms with Crippen LogP contribution in [-0.4, -0.2) is 45.0 Å². The van der Waals surface area contributed by atoms with Crippen LogP contribution in [-0.2, 0) is 9.53 Å². The molecule has 1 aromatic rings. The largest absolute Gasteiger partial charge is 0.383 e. The number of carbonyl (C=O) groups excluding carboxylic acids is 1. The summed E-state index contributed by atoms with van der Waals surface area (Å²) in [5.41, 5.74) is 0. The lowest BCUT2D eigenvalue weighted by Gasteiger charge is -2.06. The van der Waals surface area contributed by atoms with Crippen molar-refractivity contribution in [2.75, 3.05) is 39.1 Å². The van der Waals surface area contributed by atoms with Gasteiger partial charge in [-0.2, -0.15) is 0 Å². The van der Waals surface area contributed by atoms with E-state index in [4.69, 9.17) is 4.74 Å². The topological polar surface area (TPSA) is 50.4 Å². The van der Waals surface area contributed by atoms with Gasteiger partial charge in [0.05, 0.1) is 12.4 Å². The predicted octanol–water partition coefficient (Wildman–Crippen LogP) is 1.27. The van der Waals surface area contributed by atoms with Crippen molar-refractivity contribution in [3.05, 3.63) is 30.1 Å². The van der Waals surface area contributed by atoms with Gasteiger partial charge in [-0.3, -0.25) is 4.79 Å². The molecular formula is C13H19FN2O2S. The number of carbonyl (C=O) groups is 1. The molecule has 0 spiro atoms. The van der Waals surface area contributed by atoms with E-state index in [1.54, 1.807) is 19.2 Å². The zero-order valence-corrected chi connectivity index (χ0v) is 11.8. The Kier molecular flexibility index (Phi) is 8.20. The van der Waals surface area contributed by atoms with Gasteiger partial charge >= 0.3 is 0 Å². The van der Waals surface area contributed by atoms with Crippen LogP contribution in [0.2, 0.25) is 0 Å². The van der Waals surface area contributed by atoms with Crippen molar-refractivity contribution in [1.29, 1.82) is 0 Å². The van der Waals surface area contributed by atoms with Gasteiger partial charge in [0.1, 0.15) is 5.82 Å². The van der Waals surface area contributed by atoms with Gasteiger partial charge in [0.2, 0.25) is 5.91 Å². The van der Waals surface area contributed by atoms with Gasteiger partial charge in [-0.25, -0.2) is 4.39 Å². The number of hydrogen-bond donors (Lipinski definition) is 2. The SMILES string of the molecule is COCCNCCNC(=O)CSc1ccc(F)cc1. The Morgan fingerprint density at radius 3 is 2.68 bits per heavy atom. The van der Waals surface area contributed by atoms with Crippen LogP contribution in [0.3, 0.4) is 0 Å². The predicted molar refractivity (Wildman–Crippen MR) is 74.9 cm³/mol. The van der Waals surface area contributed by atoms with Gasteiger partial charge in [-0.05, 0) is 24.3 Å². The molecule has 0 fully saturated rings. The zero-order valence-electron chi connectivity index (χ0n) is 10.9. The van der Waals surface area contributed by atoms with E-state index in [-0.39, 0.29) is 11.7 Å². The van der Waals surface area contributed by atoms with Gasteiger partial charge in [-0.15, -0.1) is 11.8 Å². The van der Waals surface area contributed by atoms with Crippen molar-refractivity contribution in [3.8, 4) is 0 Å². The van der Waals surface area contributed by atoms with Gasteiger partial charge < -0.3 is 15.4 Å². The Bertz CT molecular complexity index is 373. The summed E-state index contributed by atoms with van der Waals surface area (Å²) in [6.07, 6.45) is 0. The quantitative estimate of drug-likeness (QED) is 0.530. The fraction of sp³-hybridized carbons (Fsp3) is 0.462. The molecule has 0 saturated carbocycles. The summed E-state index contributed by atoms with van der Waals surface area (Å²) < 4.78 is 17.6. The van der Waals surface area contributed by atoms with E-state index in [1.807, 2.05) is 0 Å². The molecule has 0 unspecified atom stereocenters. The number of methoxy groups -OCH3 is 1. The average Bonchev–Trinajstić information content (AvgIpc) is 2.42. The summed E-state index contributed by atoms with van der Waals surface area (Å²) in [4.78, 5) is 12.4. The van der Waals surface area contributed by atoms with E-state index < -0.39 is 0 Å². The molecule has 1 amide bonds. The molecule has 19 heavy (non-hydrogen) atoms. The summed E-state index contributed by atoms with van der Waals surface area (Å²) >= 11 is 1.39. The highest BCUT2D eigenvalue weighted by Gasteiger charge is 2.02. The fourth-order valence-corrected chi connectivity index (χ4v) is 2.05. The van der Waals surface area contributed by atoms with Crippen molar-refractivity contribution in [2.24, 2.45) is 0 Å². The van der Waals surface area contributed by atoms with E-state index in [0.717, 1.165) is 18.0 Å². The molecule has 6 heteroatoms. The third kappa shape index (κ3) is 7.81. The van der Waals surface area contributed by atoms with Gasteiger partial charge in [0.25, 0.3) is 0 Å². The maximum atomic E-state index is 12.7. The second-order valence-electron chi connectivity index (χ2n) is 3.84. The van der Waals surface area contributed by atoms with Crippen molar-refractivity contribution in [3.63, 3.8) is 0 Å². The summed E-state index contributed by atoms with van der Waals surface area (Å²) in [6.45, 7) is 2.74. The molecule has 1 aromatic carbocycles. The fourth-order valence-electron chi connectivity index (χ4n) is 1.32. The monoisotopic (exact) mass is 286 g/mol. The van der Waals surface area contributed by atoms with Crippen LogP contribution in [0.4, 0.5) is 4.39 Å². The molecule has 0 aromatic heterocycles. The Hall–Kier alpha value is -1.11. The number of hydrogen-bond acceptors (Lipinski definition) is 4. The molecule has 0 atom stereocenters. The third-order valence-electron chi connectivity index (χ3n) is 2.29. The van der Waals surface area contributed by atoms with Crippen LogP contribution in [0.15, 0.2) is 29.2 Å². The average molecular weight is 286 g/mol. The molecule has 0 aliphatic carbocycles. The summed E-state index contributed by atoms with van der Waals surface area (Å²) in [5, 5.41) is 5.94. The van der Waals surface area contributed by atoms with E-state index in [9.17, 15) is 9.18 Å². The van der Waals surface area contributed by atoms with Crippen LogP contribution in [0.25, 0.3) is 0 Å². The highest BCUT2D eigenvalue weighted by atomic mass is 32.2. The number of halogens is 1. The molecule has 2 N–H and O–H groups in total. The van der Waals surface area contributed by atoms with Crippen molar-refractivity contribution in [2.45, 2.75) is 4.90 Å². The van der Waals surface area contributed by atoms with Crippen LogP contribution < -0.4 is 10.6 Å². The molecular weight excluding hydrogens is 267 g/mol. The van der Waals surface area contributed by atoms with E-state index >= 15 is 0 Å². The second kappa shape index (κ2) is 9.77. The lowest BCUT2D eigenvalue weighted by molar-refractivity contribution is -0.118. The van der Waals surface area contributed by atoms with Crippen molar-refractivity contribution in [1.82, 2.24) is 10.6 Å². The first-order chi connectivity index (χ1) is 9.22. The summed E-state index contributed by atoms with van der Waals surface area (Å²) in [7, 11) is 1.65. The molecule has 0 saturated heterocycles. The minimum Gasteiger partial charge on any atom is -0.383 e. The van der Waals surface area contributed by atoms with Crippen LogP contribution in [0, 0.1) is 5.82 Å². The Balaban J connectivity index is 2.06. The first-order valence-electron chi connectivity index (χ1n) is 6.07. The van der Waals surface area contributed by atoms with Gasteiger partial charge in [-0.1, -0.05) is 0 Å². The minimum absolute atomic E-state index is 0.0251. The van der Waals surface area contributed by atoms with E-state index in [0.29, 0.717) is 18.9 Å². The summed E-state index contributed by atoms with van der Waals surface area (Å²) in [5.74, 6) is 0.0442. The van der Waals surface area contributed by atoms with E-state index in [2.05, 4.69) is 10.6 Å². The molecule has 106 valence electrons. The van der Waals surface area contributed by atoms with Crippen LogP contribution in [0.5, 0.6) is 0 Å².